The molecule has 1 heterocycles. The van der Waals surface area contributed by atoms with Gasteiger partial charge in [0.25, 0.3) is 0 Å². The minimum Gasteiger partial charge on any atom is -0.366 e. The quantitative estimate of drug-likeness (QED) is 0.859. The minimum absolute atomic E-state index is 0.0444. The predicted molar refractivity (Wildman–Crippen MR) is 70.7 cm³/mol. The van der Waals surface area contributed by atoms with Crippen LogP contribution in [0.2, 0.25) is 0 Å². The van der Waals surface area contributed by atoms with E-state index >= 15 is 0 Å². The van der Waals surface area contributed by atoms with Crippen molar-refractivity contribution in [3.63, 3.8) is 0 Å². The molecule has 1 N–H and O–H groups in total. The van der Waals surface area contributed by atoms with E-state index in [0.29, 0.717) is 19.3 Å². The first kappa shape index (κ1) is 14.4. The van der Waals surface area contributed by atoms with Crippen LogP contribution in [0.4, 0.5) is 14.5 Å². The summed E-state index contributed by atoms with van der Waals surface area (Å²) in [6, 6.07) is 2.00. The molecule has 1 amide bonds. The number of nitrogens with one attached hydrogen (secondary N) is 1. The van der Waals surface area contributed by atoms with Gasteiger partial charge in [0.1, 0.15) is 23.6 Å². The van der Waals surface area contributed by atoms with Gasteiger partial charge in [-0.1, -0.05) is 0 Å². The first-order chi connectivity index (χ1) is 9.41. The van der Waals surface area contributed by atoms with E-state index in [1.807, 2.05) is 0 Å². The lowest BCUT2D eigenvalue weighted by molar-refractivity contribution is -0.128. The Labute approximate surface area is 115 Å². The van der Waals surface area contributed by atoms with Crippen LogP contribution in [0.15, 0.2) is 12.1 Å². The van der Waals surface area contributed by atoms with E-state index in [2.05, 4.69) is 5.32 Å². The number of aldehydes is 1. The molecule has 0 radical (unpaired) electrons. The van der Waals surface area contributed by atoms with E-state index in [1.165, 1.54) is 11.9 Å². The molecule has 6 heteroatoms. The SMILES string of the molecule is CNC(=O)C1(C)CCN(c2c(F)cc(C=O)cc2F)C1. The van der Waals surface area contributed by atoms with Crippen molar-refractivity contribution in [2.45, 2.75) is 13.3 Å². The second-order valence-electron chi connectivity index (χ2n) is 5.26. The van der Waals surface area contributed by atoms with Gasteiger partial charge >= 0.3 is 0 Å². The third kappa shape index (κ3) is 2.37. The van der Waals surface area contributed by atoms with Crippen LogP contribution in [0.5, 0.6) is 0 Å². The van der Waals surface area contributed by atoms with E-state index in [-0.39, 0.29) is 23.7 Å². The number of anilines is 1. The molecule has 2 rings (SSSR count). The Bertz CT molecular complexity index is 539. The third-order valence-corrected chi connectivity index (χ3v) is 3.74. The monoisotopic (exact) mass is 282 g/mol. The Balaban J connectivity index is 2.31. The number of hydrogen-bond donors (Lipinski definition) is 1. The molecular formula is C14H16F2N2O2. The Morgan fingerprint density at radius 2 is 2.00 bits per heavy atom. The largest absolute Gasteiger partial charge is 0.366 e. The highest BCUT2D eigenvalue weighted by Crippen LogP contribution is 2.36. The van der Waals surface area contributed by atoms with Gasteiger partial charge in [0.15, 0.2) is 0 Å². The van der Waals surface area contributed by atoms with Crippen molar-refractivity contribution in [3.8, 4) is 0 Å². The van der Waals surface area contributed by atoms with Crippen LogP contribution in [0.1, 0.15) is 23.7 Å². The third-order valence-electron chi connectivity index (χ3n) is 3.74. The molecule has 0 aliphatic carbocycles. The van der Waals surface area contributed by atoms with Gasteiger partial charge in [0.05, 0.1) is 5.41 Å². The van der Waals surface area contributed by atoms with Crippen molar-refractivity contribution in [2.75, 3.05) is 25.0 Å². The van der Waals surface area contributed by atoms with E-state index in [4.69, 9.17) is 0 Å². The maximum atomic E-state index is 13.9. The second kappa shape index (κ2) is 5.19. The summed E-state index contributed by atoms with van der Waals surface area (Å²) >= 11 is 0. The average molecular weight is 282 g/mol. The zero-order valence-electron chi connectivity index (χ0n) is 11.4. The molecule has 0 aromatic heterocycles. The van der Waals surface area contributed by atoms with Crippen LogP contribution in [0.3, 0.4) is 0 Å². The van der Waals surface area contributed by atoms with Crippen LogP contribution in [-0.2, 0) is 4.79 Å². The highest BCUT2D eigenvalue weighted by molar-refractivity contribution is 5.83. The molecule has 1 aromatic rings. The van der Waals surface area contributed by atoms with Crippen molar-refractivity contribution < 1.29 is 18.4 Å². The van der Waals surface area contributed by atoms with Crippen LogP contribution >= 0.6 is 0 Å². The van der Waals surface area contributed by atoms with Crippen LogP contribution in [-0.4, -0.2) is 32.3 Å². The molecule has 1 fully saturated rings. The van der Waals surface area contributed by atoms with Crippen LogP contribution in [0, 0.1) is 17.0 Å². The van der Waals surface area contributed by atoms with Crippen molar-refractivity contribution >= 4 is 17.9 Å². The molecule has 1 unspecified atom stereocenters. The molecule has 0 bridgehead atoms. The molecule has 0 spiro atoms. The molecule has 20 heavy (non-hydrogen) atoms. The van der Waals surface area contributed by atoms with E-state index in [1.54, 1.807) is 6.92 Å². The summed E-state index contributed by atoms with van der Waals surface area (Å²) in [4.78, 5) is 23.9. The van der Waals surface area contributed by atoms with Gasteiger partial charge in [0.2, 0.25) is 5.91 Å². The molecule has 108 valence electrons. The number of rotatable bonds is 3. The topological polar surface area (TPSA) is 49.4 Å². The molecule has 1 aromatic carbocycles. The maximum absolute atomic E-state index is 13.9. The Hall–Kier alpha value is -1.98. The first-order valence-electron chi connectivity index (χ1n) is 6.32. The minimum atomic E-state index is -0.784. The normalized spacial score (nSPS) is 21.9. The lowest BCUT2D eigenvalue weighted by Crippen LogP contribution is -2.39. The molecular weight excluding hydrogens is 266 g/mol. The Morgan fingerprint density at radius 3 is 2.50 bits per heavy atom. The van der Waals surface area contributed by atoms with Crippen molar-refractivity contribution in [2.24, 2.45) is 5.41 Å². The fourth-order valence-electron chi connectivity index (χ4n) is 2.59. The summed E-state index contributed by atoms with van der Waals surface area (Å²) in [6.45, 7) is 2.39. The number of halogens is 2. The van der Waals surface area contributed by atoms with Crippen molar-refractivity contribution in [1.29, 1.82) is 0 Å². The zero-order valence-corrected chi connectivity index (χ0v) is 11.4. The van der Waals surface area contributed by atoms with Crippen molar-refractivity contribution in [3.05, 3.63) is 29.3 Å². The molecule has 1 aliphatic rings. The summed E-state index contributed by atoms with van der Waals surface area (Å²) in [5.74, 6) is -1.72. The number of carbonyl (C=O) groups excluding carboxylic acids is 2. The standard InChI is InChI=1S/C14H16F2N2O2/c1-14(13(20)17-2)3-4-18(8-14)12-10(15)5-9(7-19)6-11(12)16/h5-7H,3-4,8H2,1-2H3,(H,17,20). The summed E-state index contributed by atoms with van der Waals surface area (Å²) in [6.07, 6.45) is 0.912. The number of carbonyl (C=O) groups is 2. The number of hydrogen-bond acceptors (Lipinski definition) is 3. The molecule has 1 saturated heterocycles. The average Bonchev–Trinajstić information content (AvgIpc) is 2.80. The summed E-state index contributed by atoms with van der Waals surface area (Å²) < 4.78 is 27.9. The number of amides is 1. The lowest BCUT2D eigenvalue weighted by Gasteiger charge is -2.24. The summed E-state index contributed by atoms with van der Waals surface area (Å²) in [5.41, 5.74) is -0.892. The van der Waals surface area contributed by atoms with Crippen LogP contribution in [0.25, 0.3) is 0 Å². The van der Waals surface area contributed by atoms with Crippen molar-refractivity contribution in [1.82, 2.24) is 5.32 Å². The van der Waals surface area contributed by atoms with Gasteiger partial charge < -0.3 is 10.2 Å². The molecule has 0 saturated carbocycles. The lowest BCUT2D eigenvalue weighted by atomic mass is 9.89. The van der Waals surface area contributed by atoms with E-state index in [0.717, 1.165) is 12.1 Å². The van der Waals surface area contributed by atoms with Gasteiger partial charge in [-0.3, -0.25) is 9.59 Å². The summed E-state index contributed by atoms with van der Waals surface area (Å²) in [7, 11) is 1.54. The number of nitrogens with zero attached hydrogens (tertiary/aromatic N) is 1. The van der Waals surface area contributed by atoms with Crippen LogP contribution < -0.4 is 10.2 Å². The van der Waals surface area contributed by atoms with Gasteiger partial charge in [-0.25, -0.2) is 8.78 Å². The smallest absolute Gasteiger partial charge is 0.227 e. The fraction of sp³-hybridized carbons (Fsp3) is 0.429. The summed E-state index contributed by atoms with van der Waals surface area (Å²) in [5, 5.41) is 2.57. The van der Waals surface area contributed by atoms with Gasteiger partial charge in [-0.15, -0.1) is 0 Å². The van der Waals surface area contributed by atoms with E-state index in [9.17, 15) is 18.4 Å². The van der Waals surface area contributed by atoms with E-state index < -0.39 is 17.0 Å². The van der Waals surface area contributed by atoms with Gasteiger partial charge in [0, 0.05) is 25.7 Å². The molecule has 4 nitrogen and oxygen atoms in total. The Kier molecular flexibility index (Phi) is 3.74. The molecule has 1 atom stereocenters. The Morgan fingerprint density at radius 1 is 1.40 bits per heavy atom. The highest BCUT2D eigenvalue weighted by atomic mass is 19.1. The van der Waals surface area contributed by atoms with Gasteiger partial charge in [-0.05, 0) is 25.5 Å². The fourth-order valence-corrected chi connectivity index (χ4v) is 2.59. The van der Waals surface area contributed by atoms with Gasteiger partial charge in [-0.2, -0.15) is 0 Å². The zero-order chi connectivity index (χ0) is 14.9. The second-order valence-corrected chi connectivity index (χ2v) is 5.26. The molecule has 1 aliphatic heterocycles. The predicted octanol–water partition coefficient (Wildman–Crippen LogP) is 1.74. The number of benzene rings is 1. The highest BCUT2D eigenvalue weighted by Gasteiger charge is 2.41. The maximum Gasteiger partial charge on any atom is 0.227 e. The first-order valence-corrected chi connectivity index (χ1v) is 6.32.